The van der Waals surface area contributed by atoms with Gasteiger partial charge in [-0.25, -0.2) is 9.38 Å². The molecule has 0 unspecified atom stereocenters. The largest absolute Gasteiger partial charge is 0.417 e. The van der Waals surface area contributed by atoms with Crippen molar-refractivity contribution in [1.29, 1.82) is 0 Å². The Hall–Kier alpha value is -2.32. The molecule has 0 radical (unpaired) electrons. The Balaban J connectivity index is 1.73. The molecule has 0 atom stereocenters. The standard InChI is InChI=1S/C17H10Cl2F4N4/c18-8-5-12(20)14-13(6-8)26-15(16-24-3-4-27(14)16)25-9-1-2-10(11(19)7-9)17(21,22)23/h1-2,5-7H,3-4H2,(H,25,26). The average Bonchev–Trinajstić information content (AvgIpc) is 3.02. The zero-order chi connectivity index (χ0) is 19.3. The van der Waals surface area contributed by atoms with E-state index in [4.69, 9.17) is 23.2 Å². The van der Waals surface area contributed by atoms with Crippen LogP contribution in [0.4, 0.5) is 34.6 Å². The zero-order valence-electron chi connectivity index (χ0n) is 13.4. The summed E-state index contributed by atoms with van der Waals surface area (Å²) >= 11 is 11.7. The number of nitrogens with one attached hydrogen (secondary N) is 1. The Labute approximate surface area is 161 Å². The number of nitrogens with zero attached hydrogens (tertiary/aromatic N) is 3. The van der Waals surface area contributed by atoms with Gasteiger partial charge in [0, 0.05) is 17.3 Å². The van der Waals surface area contributed by atoms with Crippen LogP contribution in [0.3, 0.4) is 0 Å². The number of aliphatic imine (C=N–C) groups is 2. The molecular weight excluding hydrogens is 407 g/mol. The second-order valence-corrected chi connectivity index (χ2v) is 6.73. The van der Waals surface area contributed by atoms with Gasteiger partial charge in [0.05, 0.1) is 22.8 Å². The number of alkyl halides is 3. The summed E-state index contributed by atoms with van der Waals surface area (Å²) in [5.74, 6) is 0.157. The maximum absolute atomic E-state index is 14.3. The maximum atomic E-state index is 14.3. The fourth-order valence-electron chi connectivity index (χ4n) is 2.99. The SMILES string of the molecule is Fc1cc(Cl)cc2c1N1CCN=C1C(Nc1ccc(C(F)(F)F)c(Cl)c1)=N2. The van der Waals surface area contributed by atoms with Gasteiger partial charge >= 0.3 is 6.18 Å². The highest BCUT2D eigenvalue weighted by atomic mass is 35.5. The fraction of sp³-hybridized carbons (Fsp3) is 0.176. The van der Waals surface area contributed by atoms with Gasteiger partial charge in [-0.2, -0.15) is 13.2 Å². The highest BCUT2D eigenvalue weighted by Crippen LogP contribution is 2.40. The zero-order valence-corrected chi connectivity index (χ0v) is 14.9. The normalized spacial score (nSPS) is 15.9. The van der Waals surface area contributed by atoms with E-state index in [1.165, 1.54) is 18.2 Å². The quantitative estimate of drug-likeness (QED) is 0.621. The molecule has 2 aliphatic heterocycles. The molecule has 2 aromatic carbocycles. The van der Waals surface area contributed by atoms with Gasteiger partial charge in [-0.15, -0.1) is 0 Å². The summed E-state index contributed by atoms with van der Waals surface area (Å²) < 4.78 is 52.9. The van der Waals surface area contributed by atoms with Gasteiger partial charge in [-0.1, -0.05) is 23.2 Å². The van der Waals surface area contributed by atoms with Crippen LogP contribution in [0, 0.1) is 5.82 Å². The third-order valence-electron chi connectivity index (χ3n) is 4.10. The van der Waals surface area contributed by atoms with E-state index in [1.54, 1.807) is 4.90 Å². The first-order chi connectivity index (χ1) is 12.7. The first-order valence-electron chi connectivity index (χ1n) is 7.78. The van der Waals surface area contributed by atoms with Crippen molar-refractivity contribution >= 4 is 51.9 Å². The number of benzene rings is 2. The monoisotopic (exact) mass is 416 g/mol. The van der Waals surface area contributed by atoms with E-state index in [0.717, 1.165) is 12.1 Å². The second kappa shape index (κ2) is 6.38. The Morgan fingerprint density at radius 1 is 1.11 bits per heavy atom. The van der Waals surface area contributed by atoms with Crippen molar-refractivity contribution < 1.29 is 17.6 Å². The number of anilines is 2. The van der Waals surface area contributed by atoms with Crippen molar-refractivity contribution in [2.75, 3.05) is 23.3 Å². The van der Waals surface area contributed by atoms with Crippen LogP contribution in [0.5, 0.6) is 0 Å². The lowest BCUT2D eigenvalue weighted by Gasteiger charge is -2.28. The van der Waals surface area contributed by atoms with Crippen LogP contribution in [0.15, 0.2) is 40.3 Å². The highest BCUT2D eigenvalue weighted by molar-refractivity contribution is 6.51. The summed E-state index contributed by atoms with van der Waals surface area (Å²) in [5, 5.41) is 2.66. The van der Waals surface area contributed by atoms with Gasteiger partial charge in [0.1, 0.15) is 5.69 Å². The summed E-state index contributed by atoms with van der Waals surface area (Å²) in [5.41, 5.74) is -0.0559. The lowest BCUT2D eigenvalue weighted by Crippen LogP contribution is -2.40. The second-order valence-electron chi connectivity index (χ2n) is 5.89. The van der Waals surface area contributed by atoms with E-state index >= 15 is 0 Å². The molecule has 2 heterocycles. The van der Waals surface area contributed by atoms with E-state index in [-0.39, 0.29) is 16.5 Å². The van der Waals surface area contributed by atoms with Crippen molar-refractivity contribution in [2.45, 2.75) is 6.18 Å². The molecule has 1 N–H and O–H groups in total. The first kappa shape index (κ1) is 18.1. The molecule has 2 aromatic rings. The third kappa shape index (κ3) is 3.23. The van der Waals surface area contributed by atoms with Crippen molar-refractivity contribution in [1.82, 2.24) is 0 Å². The number of hydrogen-bond acceptors (Lipinski definition) is 4. The Bertz CT molecular complexity index is 1000. The Morgan fingerprint density at radius 2 is 1.89 bits per heavy atom. The van der Waals surface area contributed by atoms with Gasteiger partial charge in [0.15, 0.2) is 17.5 Å². The van der Waals surface area contributed by atoms with Crippen molar-refractivity contribution in [3.05, 3.63) is 51.8 Å². The summed E-state index contributed by atoms with van der Waals surface area (Å²) in [6, 6.07) is 5.98. The van der Waals surface area contributed by atoms with Gasteiger partial charge in [-0.05, 0) is 30.3 Å². The van der Waals surface area contributed by atoms with E-state index in [9.17, 15) is 17.6 Å². The number of rotatable bonds is 1. The van der Waals surface area contributed by atoms with Gasteiger partial charge in [0.25, 0.3) is 0 Å². The molecule has 0 amide bonds. The lowest BCUT2D eigenvalue weighted by atomic mass is 10.1. The summed E-state index contributed by atoms with van der Waals surface area (Å²) in [6.45, 7) is 0.890. The van der Waals surface area contributed by atoms with E-state index in [2.05, 4.69) is 15.3 Å². The molecule has 0 saturated carbocycles. The van der Waals surface area contributed by atoms with Gasteiger partial charge in [-0.3, -0.25) is 4.99 Å². The van der Waals surface area contributed by atoms with Crippen LogP contribution in [0.2, 0.25) is 10.0 Å². The molecule has 0 spiro atoms. The summed E-state index contributed by atoms with van der Waals surface area (Å²) in [7, 11) is 0. The lowest BCUT2D eigenvalue weighted by molar-refractivity contribution is -0.137. The predicted molar refractivity (Wildman–Crippen MR) is 98.2 cm³/mol. The van der Waals surface area contributed by atoms with E-state index in [0.29, 0.717) is 30.3 Å². The molecule has 27 heavy (non-hydrogen) atoms. The van der Waals surface area contributed by atoms with E-state index in [1.807, 2.05) is 0 Å². The number of halogens is 6. The predicted octanol–water partition coefficient (Wildman–Crippen LogP) is 5.53. The smallest absolute Gasteiger partial charge is 0.337 e. The topological polar surface area (TPSA) is 40.0 Å². The van der Waals surface area contributed by atoms with Crippen molar-refractivity contribution in [2.24, 2.45) is 9.98 Å². The van der Waals surface area contributed by atoms with Crippen molar-refractivity contribution in [3.8, 4) is 0 Å². The molecule has 10 heteroatoms. The molecule has 0 aromatic heterocycles. The van der Waals surface area contributed by atoms with Gasteiger partial charge < -0.3 is 10.2 Å². The molecule has 4 nitrogen and oxygen atoms in total. The van der Waals surface area contributed by atoms with Crippen LogP contribution in [0.1, 0.15) is 5.56 Å². The first-order valence-corrected chi connectivity index (χ1v) is 8.53. The minimum Gasteiger partial charge on any atom is -0.337 e. The minimum absolute atomic E-state index is 0.187. The van der Waals surface area contributed by atoms with Crippen LogP contribution in [0.25, 0.3) is 0 Å². The van der Waals surface area contributed by atoms with Crippen LogP contribution < -0.4 is 10.2 Å². The summed E-state index contributed by atoms with van der Waals surface area (Å²) in [4.78, 5) is 10.3. The molecule has 0 bridgehead atoms. The minimum atomic E-state index is -4.54. The average molecular weight is 417 g/mol. The third-order valence-corrected chi connectivity index (χ3v) is 4.63. The molecular formula is C17H10Cl2F4N4. The number of hydrogen-bond donors (Lipinski definition) is 1. The number of fused-ring (bicyclic) bond motifs is 3. The Morgan fingerprint density at radius 3 is 2.59 bits per heavy atom. The molecule has 140 valence electrons. The van der Waals surface area contributed by atoms with Gasteiger partial charge in [0.2, 0.25) is 0 Å². The molecule has 0 aliphatic carbocycles. The molecule has 4 rings (SSSR count). The van der Waals surface area contributed by atoms with Crippen molar-refractivity contribution in [3.63, 3.8) is 0 Å². The Kier molecular flexibility index (Phi) is 4.27. The molecule has 0 fully saturated rings. The van der Waals surface area contributed by atoms with E-state index < -0.39 is 22.6 Å². The highest BCUT2D eigenvalue weighted by Gasteiger charge is 2.34. The number of amidine groups is 2. The molecule has 2 aliphatic rings. The van der Waals surface area contributed by atoms with Crippen LogP contribution in [-0.4, -0.2) is 24.8 Å². The van der Waals surface area contributed by atoms with Crippen LogP contribution >= 0.6 is 23.2 Å². The fourth-order valence-corrected chi connectivity index (χ4v) is 3.47. The molecule has 0 saturated heterocycles. The van der Waals surface area contributed by atoms with Crippen LogP contribution in [-0.2, 0) is 6.18 Å². The maximum Gasteiger partial charge on any atom is 0.417 e. The summed E-state index contributed by atoms with van der Waals surface area (Å²) in [6.07, 6.45) is -4.54.